The summed E-state index contributed by atoms with van der Waals surface area (Å²) in [7, 11) is 0. The van der Waals surface area contributed by atoms with E-state index in [0.29, 0.717) is 11.7 Å². The molecule has 2 heterocycles. The molecule has 1 aliphatic rings. The molecular weight excluding hydrogens is 380 g/mol. The highest BCUT2D eigenvalue weighted by Gasteiger charge is 2.33. The van der Waals surface area contributed by atoms with Crippen LogP contribution in [-0.4, -0.2) is 26.7 Å². The van der Waals surface area contributed by atoms with Crippen molar-refractivity contribution >= 4 is 22.9 Å². The van der Waals surface area contributed by atoms with Gasteiger partial charge in [-0.3, -0.25) is 0 Å². The normalized spacial score (nSPS) is 16.9. The maximum absolute atomic E-state index is 5.75. The summed E-state index contributed by atoms with van der Waals surface area (Å²) < 4.78 is 5.75. The summed E-state index contributed by atoms with van der Waals surface area (Å²) in [6.07, 6.45) is 0.987. The van der Waals surface area contributed by atoms with Crippen LogP contribution in [0.25, 0.3) is 17.0 Å². The third-order valence-corrected chi connectivity index (χ3v) is 5.45. The number of nitrogens with zero attached hydrogens (tertiary/aromatic N) is 3. The van der Waals surface area contributed by atoms with Gasteiger partial charge in [0.1, 0.15) is 0 Å². The molecule has 0 saturated heterocycles. The number of hydrogen-bond acceptors (Lipinski definition) is 4. The molecule has 0 amide bonds. The van der Waals surface area contributed by atoms with Gasteiger partial charge in [0.15, 0.2) is 5.11 Å². The Labute approximate surface area is 176 Å². The van der Waals surface area contributed by atoms with Gasteiger partial charge in [-0.25, -0.2) is 0 Å². The SMILES string of the molecule is CCCN1C(=S)NC(c2ccccc2)C(c2nc(-c3cccc(C)c3)no2)=C1C. The lowest BCUT2D eigenvalue weighted by atomic mass is 9.95. The Morgan fingerprint density at radius 1 is 1.10 bits per heavy atom. The summed E-state index contributed by atoms with van der Waals surface area (Å²) >= 11 is 5.66. The van der Waals surface area contributed by atoms with E-state index in [2.05, 4.69) is 60.4 Å². The number of aromatic nitrogens is 2. The van der Waals surface area contributed by atoms with Crippen LogP contribution < -0.4 is 5.32 Å². The summed E-state index contributed by atoms with van der Waals surface area (Å²) in [6, 6.07) is 18.2. The average molecular weight is 405 g/mol. The second-order valence-electron chi connectivity index (χ2n) is 7.24. The predicted molar refractivity (Wildman–Crippen MR) is 119 cm³/mol. The molecule has 0 bridgehead atoms. The van der Waals surface area contributed by atoms with Crippen LogP contribution in [-0.2, 0) is 0 Å². The van der Waals surface area contributed by atoms with Gasteiger partial charge >= 0.3 is 0 Å². The molecule has 4 rings (SSSR count). The highest BCUT2D eigenvalue weighted by atomic mass is 32.1. The lowest BCUT2D eigenvalue weighted by molar-refractivity contribution is 0.396. The third-order valence-electron chi connectivity index (χ3n) is 5.11. The van der Waals surface area contributed by atoms with Crippen molar-refractivity contribution in [2.24, 2.45) is 0 Å². The van der Waals surface area contributed by atoms with Crippen molar-refractivity contribution in [1.82, 2.24) is 20.4 Å². The molecule has 148 valence electrons. The van der Waals surface area contributed by atoms with Gasteiger partial charge < -0.3 is 14.7 Å². The minimum absolute atomic E-state index is 0.136. The maximum Gasteiger partial charge on any atom is 0.258 e. The molecule has 2 aromatic carbocycles. The van der Waals surface area contributed by atoms with E-state index >= 15 is 0 Å². The number of rotatable bonds is 5. The van der Waals surface area contributed by atoms with Gasteiger partial charge in [0, 0.05) is 17.8 Å². The number of hydrogen-bond donors (Lipinski definition) is 1. The van der Waals surface area contributed by atoms with Crippen molar-refractivity contribution in [3.05, 3.63) is 77.3 Å². The topological polar surface area (TPSA) is 54.2 Å². The Kier molecular flexibility index (Phi) is 5.45. The van der Waals surface area contributed by atoms with Crippen LogP contribution in [0.1, 0.15) is 43.3 Å². The van der Waals surface area contributed by atoms with Gasteiger partial charge in [-0.2, -0.15) is 4.98 Å². The van der Waals surface area contributed by atoms with Gasteiger partial charge in [-0.1, -0.05) is 66.2 Å². The Morgan fingerprint density at radius 3 is 2.62 bits per heavy atom. The maximum atomic E-state index is 5.75. The van der Waals surface area contributed by atoms with Crippen LogP contribution >= 0.6 is 12.2 Å². The molecule has 0 saturated carbocycles. The molecule has 1 N–H and O–H groups in total. The van der Waals surface area contributed by atoms with Gasteiger partial charge in [0.25, 0.3) is 5.89 Å². The fourth-order valence-electron chi connectivity index (χ4n) is 3.68. The molecular formula is C23H24N4OS. The average Bonchev–Trinajstić information content (AvgIpc) is 3.21. The smallest absolute Gasteiger partial charge is 0.258 e. The Bertz CT molecular complexity index is 1060. The van der Waals surface area contributed by atoms with Crippen molar-refractivity contribution in [2.75, 3.05) is 6.54 Å². The van der Waals surface area contributed by atoms with Crippen molar-refractivity contribution in [3.63, 3.8) is 0 Å². The van der Waals surface area contributed by atoms with E-state index in [1.165, 1.54) is 0 Å². The van der Waals surface area contributed by atoms with Crippen LogP contribution in [0.3, 0.4) is 0 Å². The minimum Gasteiger partial charge on any atom is -0.351 e. The van der Waals surface area contributed by atoms with Crippen molar-refractivity contribution in [1.29, 1.82) is 0 Å². The predicted octanol–water partition coefficient (Wildman–Crippen LogP) is 5.12. The number of benzene rings is 2. The number of nitrogens with one attached hydrogen (secondary N) is 1. The molecule has 1 aliphatic heterocycles. The fourth-order valence-corrected chi connectivity index (χ4v) is 4.03. The largest absolute Gasteiger partial charge is 0.351 e. The second kappa shape index (κ2) is 8.17. The summed E-state index contributed by atoms with van der Waals surface area (Å²) in [5, 5.41) is 8.45. The molecule has 3 aromatic rings. The Hall–Kier alpha value is -2.99. The molecule has 0 spiro atoms. The monoisotopic (exact) mass is 404 g/mol. The van der Waals surface area contributed by atoms with Crippen LogP contribution in [0, 0.1) is 6.92 Å². The molecule has 1 aromatic heterocycles. The van der Waals surface area contributed by atoms with E-state index in [1.54, 1.807) is 0 Å². The number of aryl methyl sites for hydroxylation is 1. The zero-order valence-electron chi connectivity index (χ0n) is 16.8. The zero-order valence-corrected chi connectivity index (χ0v) is 17.7. The number of allylic oxidation sites excluding steroid dienone is 1. The molecule has 1 unspecified atom stereocenters. The Balaban J connectivity index is 1.81. The number of thiocarbonyl (C=S) groups is 1. The van der Waals surface area contributed by atoms with E-state index in [4.69, 9.17) is 21.7 Å². The summed E-state index contributed by atoms with van der Waals surface area (Å²) in [5.41, 5.74) is 5.22. The van der Waals surface area contributed by atoms with E-state index in [9.17, 15) is 0 Å². The van der Waals surface area contributed by atoms with Crippen LogP contribution in [0.2, 0.25) is 0 Å². The van der Waals surface area contributed by atoms with E-state index < -0.39 is 0 Å². The lowest BCUT2D eigenvalue weighted by Crippen LogP contribution is -2.46. The van der Waals surface area contributed by atoms with Gasteiger partial charge in [0.2, 0.25) is 5.82 Å². The van der Waals surface area contributed by atoms with E-state index in [-0.39, 0.29) is 6.04 Å². The van der Waals surface area contributed by atoms with Crippen LogP contribution in [0.5, 0.6) is 0 Å². The summed E-state index contributed by atoms with van der Waals surface area (Å²) in [6.45, 7) is 7.10. The first-order chi connectivity index (χ1) is 14.1. The molecule has 0 fully saturated rings. The molecule has 6 heteroatoms. The minimum atomic E-state index is -0.136. The van der Waals surface area contributed by atoms with Gasteiger partial charge in [-0.05, 0) is 44.1 Å². The summed E-state index contributed by atoms with van der Waals surface area (Å²) in [5.74, 6) is 1.11. The molecule has 5 nitrogen and oxygen atoms in total. The highest BCUT2D eigenvalue weighted by molar-refractivity contribution is 7.80. The van der Waals surface area contributed by atoms with Crippen LogP contribution in [0.4, 0.5) is 0 Å². The quantitative estimate of drug-likeness (QED) is 0.596. The van der Waals surface area contributed by atoms with Crippen molar-refractivity contribution in [3.8, 4) is 11.4 Å². The lowest BCUT2D eigenvalue weighted by Gasteiger charge is -2.37. The fraction of sp³-hybridized carbons (Fsp3) is 0.261. The van der Waals surface area contributed by atoms with E-state index in [0.717, 1.165) is 46.0 Å². The van der Waals surface area contributed by atoms with Gasteiger partial charge in [0.05, 0.1) is 11.6 Å². The third kappa shape index (κ3) is 3.80. The van der Waals surface area contributed by atoms with Gasteiger partial charge in [-0.15, -0.1) is 0 Å². The highest BCUT2D eigenvalue weighted by Crippen LogP contribution is 2.37. The first-order valence-corrected chi connectivity index (χ1v) is 10.2. The van der Waals surface area contributed by atoms with Crippen molar-refractivity contribution < 1.29 is 4.52 Å². The second-order valence-corrected chi connectivity index (χ2v) is 7.62. The molecule has 1 atom stereocenters. The first kappa shape index (κ1) is 19.3. The molecule has 0 aliphatic carbocycles. The Morgan fingerprint density at radius 2 is 1.90 bits per heavy atom. The zero-order chi connectivity index (χ0) is 20.4. The summed E-state index contributed by atoms with van der Waals surface area (Å²) in [4.78, 5) is 6.86. The first-order valence-electron chi connectivity index (χ1n) is 9.83. The standard InChI is InChI=1S/C23H24N4OS/c1-4-13-27-16(3)19(20(24-23(27)29)17-10-6-5-7-11-17)22-25-21(26-28-22)18-12-8-9-15(2)14-18/h5-12,14,20H,4,13H2,1-3H3,(H,24,29). The molecule has 0 radical (unpaired) electrons. The molecule has 29 heavy (non-hydrogen) atoms. The van der Waals surface area contributed by atoms with Crippen molar-refractivity contribution in [2.45, 2.75) is 33.2 Å². The van der Waals surface area contributed by atoms with Crippen LogP contribution in [0.15, 0.2) is 64.8 Å². The van der Waals surface area contributed by atoms with E-state index in [1.807, 2.05) is 30.3 Å².